The van der Waals surface area contributed by atoms with Gasteiger partial charge in [-0.25, -0.2) is 0 Å². The monoisotopic (exact) mass is 474 g/mol. The van der Waals surface area contributed by atoms with Gasteiger partial charge in [-0.2, -0.15) is 0 Å². The molecule has 2 heteroatoms. The number of hydrogen-bond donors (Lipinski definition) is 1. The third-order valence-electron chi connectivity index (χ3n) is 7.60. The van der Waals surface area contributed by atoms with Crippen molar-refractivity contribution in [2.24, 2.45) is 5.92 Å². The van der Waals surface area contributed by atoms with E-state index in [1.807, 2.05) is 36.8 Å². The molecular formula is C35H26N2. The SMILES string of the molecule is C1=CC2C(c3ccc(-c4cnccccc[nH]4)c4ccccc34)=Cc3ccc4ccccc4c3C2C=C1. The molecule has 4 aromatic carbocycles. The van der Waals surface area contributed by atoms with Crippen LogP contribution in [0.15, 0.2) is 134 Å². The summed E-state index contributed by atoms with van der Waals surface area (Å²) in [5, 5.41) is 5.13. The van der Waals surface area contributed by atoms with Crippen LogP contribution in [-0.2, 0) is 0 Å². The van der Waals surface area contributed by atoms with E-state index < -0.39 is 0 Å². The van der Waals surface area contributed by atoms with E-state index in [1.54, 1.807) is 0 Å². The zero-order valence-electron chi connectivity index (χ0n) is 20.4. The third kappa shape index (κ3) is 3.70. The second-order valence-electron chi connectivity index (χ2n) is 9.65. The molecule has 2 atom stereocenters. The molecule has 0 amide bonds. The van der Waals surface area contributed by atoms with Gasteiger partial charge in [0.15, 0.2) is 0 Å². The predicted octanol–water partition coefficient (Wildman–Crippen LogP) is 8.89. The summed E-state index contributed by atoms with van der Waals surface area (Å²) < 4.78 is 0. The first-order valence-corrected chi connectivity index (χ1v) is 12.8. The van der Waals surface area contributed by atoms with Crippen molar-refractivity contribution >= 4 is 33.2 Å². The molecule has 0 saturated heterocycles. The van der Waals surface area contributed by atoms with Gasteiger partial charge >= 0.3 is 0 Å². The van der Waals surface area contributed by atoms with E-state index in [1.165, 1.54) is 43.8 Å². The molecule has 176 valence electrons. The lowest BCUT2D eigenvalue weighted by Crippen LogP contribution is -2.18. The third-order valence-corrected chi connectivity index (χ3v) is 7.60. The molecule has 2 unspecified atom stereocenters. The van der Waals surface area contributed by atoms with Crippen molar-refractivity contribution in [2.45, 2.75) is 5.92 Å². The maximum absolute atomic E-state index is 4.47. The molecule has 0 bridgehead atoms. The fourth-order valence-corrected chi connectivity index (χ4v) is 5.96. The number of H-pyrrole nitrogens is 1. The normalized spacial score (nSPS) is 17.7. The Hall–Kier alpha value is -4.69. The molecule has 1 heterocycles. The summed E-state index contributed by atoms with van der Waals surface area (Å²) in [5.41, 5.74) is 7.53. The zero-order chi connectivity index (χ0) is 24.6. The van der Waals surface area contributed by atoms with Crippen molar-refractivity contribution in [3.05, 3.63) is 151 Å². The zero-order valence-corrected chi connectivity index (χ0v) is 20.4. The van der Waals surface area contributed by atoms with Crippen LogP contribution < -0.4 is 0 Å². The summed E-state index contributed by atoms with van der Waals surface area (Å²) in [4.78, 5) is 7.89. The fraction of sp³-hybridized carbons (Fsp3) is 0.0571. The summed E-state index contributed by atoms with van der Waals surface area (Å²) in [5.74, 6) is 0.605. The number of benzene rings is 4. The molecule has 0 aliphatic heterocycles. The first kappa shape index (κ1) is 21.6. The molecule has 1 aromatic heterocycles. The van der Waals surface area contributed by atoms with Crippen molar-refractivity contribution in [1.82, 2.24) is 9.97 Å². The number of rotatable bonds is 2. The van der Waals surface area contributed by atoms with Gasteiger partial charge in [0.2, 0.25) is 0 Å². The van der Waals surface area contributed by atoms with Gasteiger partial charge in [-0.1, -0.05) is 109 Å². The number of nitrogens with zero attached hydrogens (tertiary/aromatic N) is 1. The fourth-order valence-electron chi connectivity index (χ4n) is 5.96. The first-order valence-electron chi connectivity index (χ1n) is 12.8. The van der Waals surface area contributed by atoms with E-state index in [0.29, 0.717) is 11.8 Å². The maximum atomic E-state index is 4.47. The quantitative estimate of drug-likeness (QED) is 0.272. The smallest absolute Gasteiger partial charge is 0.0645 e. The second kappa shape index (κ2) is 9.07. The van der Waals surface area contributed by atoms with E-state index in [0.717, 1.165) is 11.3 Å². The van der Waals surface area contributed by atoms with Gasteiger partial charge < -0.3 is 4.98 Å². The number of aromatic nitrogens is 2. The highest BCUT2D eigenvalue weighted by Gasteiger charge is 2.32. The molecular weight excluding hydrogens is 448 g/mol. The van der Waals surface area contributed by atoms with Crippen LogP contribution in [0.5, 0.6) is 0 Å². The minimum absolute atomic E-state index is 0.290. The summed E-state index contributed by atoms with van der Waals surface area (Å²) in [6, 6.07) is 32.4. The standard InChI is InChI=1S/C35H26N2/c1-8-20-36-23-34(37-21-9-1)31-19-18-30(27-12-4-5-13-28(27)31)33-22-25-17-16-24-10-2-3-11-26(24)35(25)32-15-7-6-14-29(32)33/h1-23,29,32,37H. The summed E-state index contributed by atoms with van der Waals surface area (Å²) >= 11 is 0. The van der Waals surface area contributed by atoms with Crippen LogP contribution in [0.2, 0.25) is 0 Å². The molecule has 7 rings (SSSR count). The number of fused-ring (bicyclic) bond motifs is 6. The molecule has 0 saturated carbocycles. The van der Waals surface area contributed by atoms with Crippen LogP contribution in [0.4, 0.5) is 0 Å². The Kier molecular flexibility index (Phi) is 5.29. The highest BCUT2D eigenvalue weighted by Crippen LogP contribution is 2.49. The van der Waals surface area contributed by atoms with Gasteiger partial charge in [0, 0.05) is 29.8 Å². The lowest BCUT2D eigenvalue weighted by atomic mass is 9.69. The Labute approximate surface area is 216 Å². The van der Waals surface area contributed by atoms with Crippen LogP contribution in [0.3, 0.4) is 0 Å². The van der Waals surface area contributed by atoms with Crippen molar-refractivity contribution < 1.29 is 0 Å². The maximum Gasteiger partial charge on any atom is 0.0645 e. The van der Waals surface area contributed by atoms with Crippen LogP contribution in [-0.4, -0.2) is 9.97 Å². The summed E-state index contributed by atoms with van der Waals surface area (Å²) in [6.07, 6.45) is 17.2. The van der Waals surface area contributed by atoms with Gasteiger partial charge in [-0.3, -0.25) is 4.98 Å². The molecule has 0 fully saturated rings. The Balaban J connectivity index is 1.47. The Morgan fingerprint density at radius 1 is 0.622 bits per heavy atom. The van der Waals surface area contributed by atoms with Crippen molar-refractivity contribution in [3.63, 3.8) is 0 Å². The molecule has 0 radical (unpaired) electrons. The van der Waals surface area contributed by atoms with Crippen molar-refractivity contribution in [2.75, 3.05) is 0 Å². The van der Waals surface area contributed by atoms with Gasteiger partial charge in [0.25, 0.3) is 0 Å². The van der Waals surface area contributed by atoms with Gasteiger partial charge in [0.05, 0.1) is 11.9 Å². The van der Waals surface area contributed by atoms with Gasteiger partial charge in [-0.15, -0.1) is 0 Å². The van der Waals surface area contributed by atoms with Crippen molar-refractivity contribution in [3.8, 4) is 11.3 Å². The van der Waals surface area contributed by atoms with E-state index >= 15 is 0 Å². The van der Waals surface area contributed by atoms with E-state index in [9.17, 15) is 0 Å². The Morgan fingerprint density at radius 2 is 1.38 bits per heavy atom. The van der Waals surface area contributed by atoms with E-state index in [2.05, 4.69) is 113 Å². The highest BCUT2D eigenvalue weighted by atomic mass is 14.7. The van der Waals surface area contributed by atoms with Crippen LogP contribution in [0, 0.1) is 5.92 Å². The van der Waals surface area contributed by atoms with E-state index in [4.69, 9.17) is 0 Å². The molecule has 5 aromatic rings. The van der Waals surface area contributed by atoms with Gasteiger partial charge in [0.1, 0.15) is 0 Å². The number of hydrogen-bond acceptors (Lipinski definition) is 1. The summed E-state index contributed by atoms with van der Waals surface area (Å²) in [7, 11) is 0. The minimum atomic E-state index is 0.290. The molecule has 37 heavy (non-hydrogen) atoms. The second-order valence-corrected chi connectivity index (χ2v) is 9.65. The molecule has 2 aliphatic carbocycles. The molecule has 1 N–H and O–H groups in total. The average molecular weight is 475 g/mol. The topological polar surface area (TPSA) is 28.7 Å². The molecule has 2 aliphatic rings. The van der Waals surface area contributed by atoms with Crippen LogP contribution >= 0.6 is 0 Å². The molecule has 0 spiro atoms. The number of nitrogens with one attached hydrogen (secondary N) is 1. The minimum Gasteiger partial charge on any atom is -0.360 e. The van der Waals surface area contributed by atoms with Crippen LogP contribution in [0.25, 0.3) is 44.5 Å². The van der Waals surface area contributed by atoms with Gasteiger partial charge in [-0.05, 0) is 55.9 Å². The largest absolute Gasteiger partial charge is 0.360 e. The Bertz CT molecular complexity index is 1780. The molecule has 2 nitrogen and oxygen atoms in total. The van der Waals surface area contributed by atoms with Crippen LogP contribution in [0.1, 0.15) is 22.6 Å². The summed E-state index contributed by atoms with van der Waals surface area (Å²) in [6.45, 7) is 0. The lowest BCUT2D eigenvalue weighted by Gasteiger charge is -2.34. The Morgan fingerprint density at radius 3 is 2.27 bits per heavy atom. The number of allylic oxidation sites excluding steroid dienone is 5. The lowest BCUT2D eigenvalue weighted by molar-refractivity contribution is 0.715. The average Bonchev–Trinajstić information content (AvgIpc) is 3.10. The first-order chi connectivity index (χ1) is 18.4. The number of aromatic amines is 1. The highest BCUT2D eigenvalue weighted by molar-refractivity contribution is 6.06. The predicted molar refractivity (Wildman–Crippen MR) is 155 cm³/mol. The van der Waals surface area contributed by atoms with Crippen molar-refractivity contribution in [1.29, 1.82) is 0 Å². The van der Waals surface area contributed by atoms with E-state index in [-0.39, 0.29) is 0 Å².